The number of rotatable bonds is 8. The number of carbonyl (C=O) groups is 3. The number of piperazine rings is 1. The maximum Gasteiger partial charge on any atom is 0.287 e. The van der Waals surface area contributed by atoms with Crippen LogP contribution >= 0.6 is 23.2 Å². The highest BCUT2D eigenvalue weighted by Gasteiger charge is 2.33. The molecular weight excluding hydrogens is 577 g/mol. The van der Waals surface area contributed by atoms with Crippen molar-refractivity contribution in [1.82, 2.24) is 20.5 Å². The number of pyridine rings is 1. The van der Waals surface area contributed by atoms with Crippen LogP contribution in [0.3, 0.4) is 0 Å². The molecule has 0 saturated carbocycles. The molecule has 9 nitrogen and oxygen atoms in total. The molecule has 0 unspecified atom stereocenters. The first-order valence-corrected chi connectivity index (χ1v) is 14.4. The van der Waals surface area contributed by atoms with E-state index in [1.54, 1.807) is 53.6 Å². The molecule has 2 N–H and O–H groups in total. The van der Waals surface area contributed by atoms with Gasteiger partial charge in [0.05, 0.1) is 6.54 Å². The molecule has 0 aliphatic carbocycles. The molecule has 42 heavy (non-hydrogen) atoms. The second-order valence-corrected chi connectivity index (χ2v) is 11.3. The molecule has 0 bridgehead atoms. The maximum atomic E-state index is 13.4. The molecule has 218 valence electrons. The first-order chi connectivity index (χ1) is 20.2. The lowest BCUT2D eigenvalue weighted by atomic mass is 10.1. The average Bonchev–Trinajstić information content (AvgIpc) is 3.39. The molecule has 3 heterocycles. The van der Waals surface area contributed by atoms with Gasteiger partial charge in [0.15, 0.2) is 5.76 Å². The Labute approximate surface area is 253 Å². The maximum absolute atomic E-state index is 13.4. The van der Waals surface area contributed by atoms with E-state index in [0.717, 1.165) is 5.69 Å². The largest absolute Gasteiger partial charge is 0.451 e. The third-order valence-corrected chi connectivity index (χ3v) is 7.76. The van der Waals surface area contributed by atoms with Crippen LogP contribution in [-0.2, 0) is 16.0 Å². The molecule has 1 saturated heterocycles. The topological polar surface area (TPSA) is 108 Å². The SMILES string of the molecule is C[C@@H]1CN(c2ccc(Cl)cc2)C[C@H](C)N1C(=O)CNC(=O)[C@H](Cc1ccccn1)NC(=O)c1cc2cc(Cl)ccc2o1. The molecular formula is C31H31Cl2N5O4. The second kappa shape index (κ2) is 12.8. The van der Waals surface area contributed by atoms with Crippen LogP contribution in [-0.4, -0.2) is 65.4 Å². The Balaban J connectivity index is 1.24. The number of hydrogen-bond acceptors (Lipinski definition) is 6. The predicted octanol–water partition coefficient (Wildman–Crippen LogP) is 4.72. The van der Waals surface area contributed by atoms with Crippen LogP contribution < -0.4 is 15.5 Å². The zero-order chi connectivity index (χ0) is 29.8. The normalized spacial score (nSPS) is 17.6. The van der Waals surface area contributed by atoms with Gasteiger partial charge in [-0.25, -0.2) is 0 Å². The molecule has 3 atom stereocenters. The average molecular weight is 609 g/mol. The van der Waals surface area contributed by atoms with Crippen LogP contribution in [0, 0.1) is 0 Å². The first-order valence-electron chi connectivity index (χ1n) is 13.7. The number of carbonyl (C=O) groups excluding carboxylic acids is 3. The molecule has 0 radical (unpaired) electrons. The van der Waals surface area contributed by atoms with E-state index in [4.69, 9.17) is 27.6 Å². The fourth-order valence-electron chi connectivity index (χ4n) is 5.35. The van der Waals surface area contributed by atoms with Gasteiger partial charge < -0.3 is 24.9 Å². The van der Waals surface area contributed by atoms with Gasteiger partial charge in [-0.15, -0.1) is 0 Å². The number of hydrogen-bond donors (Lipinski definition) is 2. The Morgan fingerprint density at radius 3 is 2.38 bits per heavy atom. The lowest BCUT2D eigenvalue weighted by Gasteiger charge is -2.45. The molecule has 11 heteroatoms. The van der Waals surface area contributed by atoms with E-state index in [1.165, 1.54) is 0 Å². The van der Waals surface area contributed by atoms with Crippen molar-refractivity contribution in [2.75, 3.05) is 24.5 Å². The minimum absolute atomic E-state index is 0.0448. The van der Waals surface area contributed by atoms with Gasteiger partial charge in [-0.2, -0.15) is 0 Å². The number of anilines is 1. The van der Waals surface area contributed by atoms with E-state index in [0.29, 0.717) is 39.8 Å². The Kier molecular flexibility index (Phi) is 8.99. The third-order valence-electron chi connectivity index (χ3n) is 7.28. The number of furan rings is 1. The summed E-state index contributed by atoms with van der Waals surface area (Å²) in [6.07, 6.45) is 1.75. The van der Waals surface area contributed by atoms with Gasteiger partial charge in [-0.05, 0) is 74.5 Å². The van der Waals surface area contributed by atoms with Gasteiger partial charge in [-0.3, -0.25) is 19.4 Å². The summed E-state index contributed by atoms with van der Waals surface area (Å²) in [6.45, 7) is 5.07. The zero-order valence-electron chi connectivity index (χ0n) is 23.2. The van der Waals surface area contributed by atoms with Gasteiger partial charge in [-0.1, -0.05) is 29.3 Å². The zero-order valence-corrected chi connectivity index (χ0v) is 24.7. The van der Waals surface area contributed by atoms with Crippen molar-refractivity contribution in [3.05, 3.63) is 94.4 Å². The number of fused-ring (bicyclic) bond motifs is 1. The van der Waals surface area contributed by atoms with Crippen molar-refractivity contribution in [2.24, 2.45) is 0 Å². The van der Waals surface area contributed by atoms with Crippen LogP contribution in [0.1, 0.15) is 30.1 Å². The number of halogens is 2. The molecule has 1 aliphatic heterocycles. The molecule has 5 rings (SSSR count). The highest BCUT2D eigenvalue weighted by molar-refractivity contribution is 6.31. The summed E-state index contributed by atoms with van der Waals surface area (Å²) in [6, 6.07) is 18.4. The van der Waals surface area contributed by atoms with Crippen molar-refractivity contribution < 1.29 is 18.8 Å². The van der Waals surface area contributed by atoms with E-state index in [2.05, 4.69) is 20.5 Å². The van der Waals surface area contributed by atoms with Gasteiger partial charge in [0.1, 0.15) is 11.6 Å². The summed E-state index contributed by atoms with van der Waals surface area (Å²) in [4.78, 5) is 48.1. The van der Waals surface area contributed by atoms with E-state index >= 15 is 0 Å². The highest BCUT2D eigenvalue weighted by atomic mass is 35.5. The van der Waals surface area contributed by atoms with E-state index in [1.807, 2.05) is 38.1 Å². The quantitative estimate of drug-likeness (QED) is 0.300. The fraction of sp³-hybridized carbons (Fsp3) is 0.290. The Morgan fingerprint density at radius 2 is 1.69 bits per heavy atom. The fourth-order valence-corrected chi connectivity index (χ4v) is 5.65. The Hall–Kier alpha value is -4.08. The van der Waals surface area contributed by atoms with E-state index < -0.39 is 17.9 Å². The standard InChI is InChI=1S/C31H31Cl2N5O4/c1-19-17-37(25-9-6-22(32)7-10-25)18-20(2)38(19)29(39)16-35-30(40)26(15-24-5-3-4-12-34-24)36-31(41)28-14-21-13-23(33)8-11-27(21)42-28/h3-14,19-20,26H,15-18H2,1-2H3,(H,35,40)(H,36,41)/t19-,20+,26-/m0/s1. The van der Waals surface area contributed by atoms with Crippen LogP contribution in [0.25, 0.3) is 11.0 Å². The summed E-state index contributed by atoms with van der Waals surface area (Å²) in [5, 5.41) is 7.34. The molecule has 2 aromatic carbocycles. The second-order valence-electron chi connectivity index (χ2n) is 10.4. The highest BCUT2D eigenvalue weighted by Crippen LogP contribution is 2.25. The minimum atomic E-state index is -0.992. The first kappa shape index (κ1) is 29.4. The van der Waals surface area contributed by atoms with E-state index in [-0.39, 0.29) is 36.7 Å². The number of aromatic nitrogens is 1. The predicted molar refractivity (Wildman–Crippen MR) is 163 cm³/mol. The van der Waals surface area contributed by atoms with Crippen molar-refractivity contribution in [2.45, 2.75) is 38.4 Å². The van der Waals surface area contributed by atoms with Gasteiger partial charge in [0.25, 0.3) is 5.91 Å². The minimum Gasteiger partial charge on any atom is -0.451 e. The molecule has 0 spiro atoms. The Morgan fingerprint density at radius 1 is 0.976 bits per heavy atom. The molecule has 1 fully saturated rings. The summed E-state index contributed by atoms with van der Waals surface area (Å²) < 4.78 is 5.67. The molecule has 2 aromatic heterocycles. The third kappa shape index (κ3) is 6.86. The van der Waals surface area contributed by atoms with Crippen molar-refractivity contribution in [1.29, 1.82) is 0 Å². The Bertz CT molecular complexity index is 1570. The van der Waals surface area contributed by atoms with Gasteiger partial charge >= 0.3 is 0 Å². The molecule has 1 aliphatic rings. The number of amides is 3. The number of nitrogens with one attached hydrogen (secondary N) is 2. The monoisotopic (exact) mass is 607 g/mol. The summed E-state index contributed by atoms with van der Waals surface area (Å²) in [5.41, 5.74) is 2.15. The lowest BCUT2D eigenvalue weighted by Crippen LogP contribution is -2.60. The van der Waals surface area contributed by atoms with Crippen LogP contribution in [0.4, 0.5) is 5.69 Å². The van der Waals surface area contributed by atoms with Crippen molar-refractivity contribution >= 4 is 57.6 Å². The summed E-state index contributed by atoms with van der Waals surface area (Å²) >= 11 is 12.1. The summed E-state index contributed by atoms with van der Waals surface area (Å²) in [5.74, 6) is -1.22. The number of benzene rings is 2. The smallest absolute Gasteiger partial charge is 0.287 e. The van der Waals surface area contributed by atoms with Gasteiger partial charge in [0, 0.05) is 64.6 Å². The van der Waals surface area contributed by atoms with Crippen LogP contribution in [0.15, 0.2) is 77.3 Å². The van der Waals surface area contributed by atoms with Crippen LogP contribution in [0.2, 0.25) is 10.0 Å². The number of nitrogens with zero attached hydrogens (tertiary/aromatic N) is 3. The van der Waals surface area contributed by atoms with Crippen molar-refractivity contribution in [3.8, 4) is 0 Å². The summed E-state index contributed by atoms with van der Waals surface area (Å²) in [7, 11) is 0. The van der Waals surface area contributed by atoms with E-state index in [9.17, 15) is 14.4 Å². The molecule has 4 aromatic rings. The van der Waals surface area contributed by atoms with Gasteiger partial charge in [0.2, 0.25) is 11.8 Å². The lowest BCUT2D eigenvalue weighted by molar-refractivity contribution is -0.137. The van der Waals surface area contributed by atoms with Crippen LogP contribution in [0.5, 0.6) is 0 Å². The van der Waals surface area contributed by atoms with Crippen molar-refractivity contribution in [3.63, 3.8) is 0 Å². The molecule has 3 amide bonds.